The van der Waals surface area contributed by atoms with Crippen LogP contribution < -0.4 is 11.1 Å². The quantitative estimate of drug-likeness (QED) is 0.831. The molecule has 2 unspecified atom stereocenters. The zero-order valence-corrected chi connectivity index (χ0v) is 12.4. The van der Waals surface area contributed by atoms with Crippen LogP contribution in [0.1, 0.15) is 24.4 Å². The zero-order chi connectivity index (χ0) is 15.2. The highest BCUT2D eigenvalue weighted by molar-refractivity contribution is 5.79. The molecule has 1 amide bonds. The van der Waals surface area contributed by atoms with Gasteiger partial charge in [-0.3, -0.25) is 4.79 Å². The van der Waals surface area contributed by atoms with Gasteiger partial charge in [0, 0.05) is 19.1 Å². The van der Waals surface area contributed by atoms with Crippen molar-refractivity contribution in [3.63, 3.8) is 0 Å². The minimum absolute atomic E-state index is 0.0444. The van der Waals surface area contributed by atoms with Crippen molar-refractivity contribution < 1.29 is 4.79 Å². The summed E-state index contributed by atoms with van der Waals surface area (Å²) in [7, 11) is 0. The Morgan fingerprint density at radius 3 is 2.71 bits per heavy atom. The summed E-state index contributed by atoms with van der Waals surface area (Å²) in [6.45, 7) is 4.90. The Kier molecular flexibility index (Phi) is 5.05. The van der Waals surface area contributed by atoms with Crippen molar-refractivity contribution in [2.45, 2.75) is 26.4 Å². The molecule has 0 bridgehead atoms. The summed E-state index contributed by atoms with van der Waals surface area (Å²) >= 11 is 0. The van der Waals surface area contributed by atoms with Crippen molar-refractivity contribution in [2.24, 2.45) is 11.7 Å². The average molecular weight is 287 g/mol. The number of nitrogens with one attached hydrogen (secondary N) is 1. The van der Waals surface area contributed by atoms with Gasteiger partial charge in [0.15, 0.2) is 0 Å². The number of amides is 1. The summed E-state index contributed by atoms with van der Waals surface area (Å²) in [6.07, 6.45) is 1.65. The maximum Gasteiger partial charge on any atom is 0.224 e. The van der Waals surface area contributed by atoms with Gasteiger partial charge in [0.05, 0.1) is 5.92 Å². The molecule has 2 atom stereocenters. The Bertz CT molecular complexity index is 581. The monoisotopic (exact) mass is 287 g/mol. The number of hydrogen-bond donors (Lipinski definition) is 2. The molecule has 3 N–H and O–H groups in total. The van der Waals surface area contributed by atoms with Gasteiger partial charge in [-0.2, -0.15) is 0 Å². The van der Waals surface area contributed by atoms with Gasteiger partial charge in [0.1, 0.15) is 12.2 Å². The SMILES string of the molecule is Cc1nncn1CCNC(=O)C(C)C(N)c1ccccc1. The van der Waals surface area contributed by atoms with Crippen LogP contribution in [0.4, 0.5) is 0 Å². The van der Waals surface area contributed by atoms with Gasteiger partial charge >= 0.3 is 0 Å². The van der Waals surface area contributed by atoms with E-state index in [1.165, 1.54) is 0 Å². The maximum atomic E-state index is 12.1. The molecule has 0 saturated carbocycles. The van der Waals surface area contributed by atoms with E-state index in [1.54, 1.807) is 6.33 Å². The highest BCUT2D eigenvalue weighted by Gasteiger charge is 2.21. The first-order chi connectivity index (χ1) is 10.1. The fraction of sp³-hybridized carbons (Fsp3) is 0.400. The predicted molar refractivity (Wildman–Crippen MR) is 80.3 cm³/mol. The number of aromatic nitrogens is 3. The van der Waals surface area contributed by atoms with Crippen molar-refractivity contribution in [3.8, 4) is 0 Å². The topological polar surface area (TPSA) is 85.8 Å². The minimum atomic E-state index is -0.303. The molecule has 0 spiro atoms. The van der Waals surface area contributed by atoms with Crippen LogP contribution in [-0.2, 0) is 11.3 Å². The van der Waals surface area contributed by atoms with Gasteiger partial charge < -0.3 is 15.6 Å². The van der Waals surface area contributed by atoms with E-state index in [0.29, 0.717) is 13.1 Å². The third-order valence-corrected chi connectivity index (χ3v) is 3.60. The Balaban J connectivity index is 1.84. The fourth-order valence-corrected chi connectivity index (χ4v) is 2.12. The largest absolute Gasteiger partial charge is 0.354 e. The van der Waals surface area contributed by atoms with Crippen LogP contribution in [0.25, 0.3) is 0 Å². The Morgan fingerprint density at radius 2 is 2.10 bits per heavy atom. The number of aryl methyl sites for hydroxylation is 1. The van der Waals surface area contributed by atoms with Crippen molar-refractivity contribution in [3.05, 3.63) is 48.0 Å². The Labute approximate surface area is 124 Å². The lowest BCUT2D eigenvalue weighted by molar-refractivity contribution is -0.125. The summed E-state index contributed by atoms with van der Waals surface area (Å²) in [6, 6.07) is 9.36. The molecule has 1 aromatic carbocycles. The zero-order valence-electron chi connectivity index (χ0n) is 12.4. The van der Waals surface area contributed by atoms with E-state index in [4.69, 9.17) is 5.73 Å². The lowest BCUT2D eigenvalue weighted by atomic mass is 9.95. The van der Waals surface area contributed by atoms with Crippen LogP contribution in [0, 0.1) is 12.8 Å². The third-order valence-electron chi connectivity index (χ3n) is 3.60. The molecule has 6 heteroatoms. The number of carbonyl (C=O) groups excluding carboxylic acids is 1. The number of hydrogen-bond acceptors (Lipinski definition) is 4. The molecule has 112 valence electrons. The van der Waals surface area contributed by atoms with Crippen molar-refractivity contribution in [1.29, 1.82) is 0 Å². The van der Waals surface area contributed by atoms with Crippen LogP contribution in [0.5, 0.6) is 0 Å². The Hall–Kier alpha value is -2.21. The van der Waals surface area contributed by atoms with E-state index < -0.39 is 0 Å². The summed E-state index contributed by atoms with van der Waals surface area (Å²) < 4.78 is 1.89. The summed E-state index contributed by atoms with van der Waals surface area (Å²) in [4.78, 5) is 12.1. The summed E-state index contributed by atoms with van der Waals surface area (Å²) in [5.41, 5.74) is 7.11. The van der Waals surface area contributed by atoms with Crippen molar-refractivity contribution >= 4 is 5.91 Å². The number of nitrogens with zero attached hydrogens (tertiary/aromatic N) is 3. The van der Waals surface area contributed by atoms with Crippen LogP contribution >= 0.6 is 0 Å². The van der Waals surface area contributed by atoms with E-state index >= 15 is 0 Å². The molecule has 0 aliphatic heterocycles. The molecule has 0 fully saturated rings. The third kappa shape index (κ3) is 3.88. The average Bonchev–Trinajstić information content (AvgIpc) is 2.92. The molecule has 2 aromatic rings. The second-order valence-electron chi connectivity index (χ2n) is 5.09. The lowest BCUT2D eigenvalue weighted by Gasteiger charge is -2.20. The van der Waals surface area contributed by atoms with E-state index in [0.717, 1.165) is 11.4 Å². The molecule has 0 saturated heterocycles. The first-order valence-corrected chi connectivity index (χ1v) is 7.02. The minimum Gasteiger partial charge on any atom is -0.354 e. The second-order valence-corrected chi connectivity index (χ2v) is 5.09. The smallest absolute Gasteiger partial charge is 0.224 e. The maximum absolute atomic E-state index is 12.1. The standard InChI is InChI=1S/C15H21N5O/c1-11(14(16)13-6-4-3-5-7-13)15(21)17-8-9-20-10-18-19-12(20)2/h3-7,10-11,14H,8-9,16H2,1-2H3,(H,17,21). The Morgan fingerprint density at radius 1 is 1.38 bits per heavy atom. The number of benzene rings is 1. The second kappa shape index (κ2) is 6.99. The van der Waals surface area contributed by atoms with Crippen LogP contribution in [0.2, 0.25) is 0 Å². The summed E-state index contributed by atoms with van der Waals surface area (Å²) in [5, 5.41) is 10.6. The lowest BCUT2D eigenvalue weighted by Crippen LogP contribution is -2.37. The number of rotatable bonds is 6. The molecular formula is C15H21N5O. The van der Waals surface area contributed by atoms with Gasteiger partial charge in [0.25, 0.3) is 0 Å². The highest BCUT2D eigenvalue weighted by atomic mass is 16.1. The van der Waals surface area contributed by atoms with Crippen molar-refractivity contribution in [2.75, 3.05) is 6.54 Å². The molecule has 1 aromatic heterocycles. The van der Waals surface area contributed by atoms with E-state index in [9.17, 15) is 4.79 Å². The molecule has 2 rings (SSSR count). The molecule has 21 heavy (non-hydrogen) atoms. The number of nitrogens with two attached hydrogens (primary N) is 1. The summed E-state index contributed by atoms with van der Waals surface area (Å²) in [5.74, 6) is 0.504. The van der Waals surface area contributed by atoms with Gasteiger partial charge in [0.2, 0.25) is 5.91 Å². The molecule has 0 aliphatic rings. The normalized spacial score (nSPS) is 13.7. The predicted octanol–water partition coefficient (Wildman–Crippen LogP) is 1.04. The highest BCUT2D eigenvalue weighted by Crippen LogP contribution is 2.18. The van der Waals surface area contributed by atoms with Gasteiger partial charge in [-0.25, -0.2) is 0 Å². The van der Waals surface area contributed by atoms with Crippen LogP contribution in [0.3, 0.4) is 0 Å². The van der Waals surface area contributed by atoms with E-state index in [-0.39, 0.29) is 17.9 Å². The molecule has 0 aliphatic carbocycles. The first-order valence-electron chi connectivity index (χ1n) is 7.02. The fourth-order valence-electron chi connectivity index (χ4n) is 2.12. The van der Waals surface area contributed by atoms with Crippen LogP contribution in [-0.4, -0.2) is 27.2 Å². The van der Waals surface area contributed by atoms with Crippen molar-refractivity contribution in [1.82, 2.24) is 20.1 Å². The van der Waals surface area contributed by atoms with Crippen LogP contribution in [0.15, 0.2) is 36.7 Å². The van der Waals surface area contributed by atoms with E-state index in [1.807, 2.05) is 48.7 Å². The number of carbonyl (C=O) groups is 1. The van der Waals surface area contributed by atoms with Gasteiger partial charge in [-0.1, -0.05) is 37.3 Å². The van der Waals surface area contributed by atoms with Gasteiger partial charge in [-0.05, 0) is 12.5 Å². The van der Waals surface area contributed by atoms with E-state index in [2.05, 4.69) is 15.5 Å². The van der Waals surface area contributed by atoms with Gasteiger partial charge in [-0.15, -0.1) is 10.2 Å². The molecule has 0 radical (unpaired) electrons. The molecule has 1 heterocycles. The molecular weight excluding hydrogens is 266 g/mol. The molecule has 6 nitrogen and oxygen atoms in total. The first kappa shape index (κ1) is 15.2.